The molecule has 1 N–H and O–H groups in total. The van der Waals surface area contributed by atoms with Crippen molar-refractivity contribution >= 4 is 18.2 Å². The molecule has 1 saturated heterocycles. The van der Waals surface area contributed by atoms with Crippen LogP contribution in [0.25, 0.3) is 11.1 Å². The Kier molecular flexibility index (Phi) is 5.78. The van der Waals surface area contributed by atoms with Crippen molar-refractivity contribution in [3.8, 4) is 11.1 Å². The minimum atomic E-state index is -1.37. The SMILES string of the molecule is COC(=O)C1(NC(=O)OCC2c3ccccc3-c3ccccc32)CN(C(=O)OC(C)(C)C)C1. The van der Waals surface area contributed by atoms with Gasteiger partial charge in [0.05, 0.1) is 20.2 Å². The molecule has 0 radical (unpaired) electrons. The molecule has 0 aromatic heterocycles. The third kappa shape index (κ3) is 4.37. The van der Waals surface area contributed by atoms with Gasteiger partial charge in [-0.05, 0) is 43.0 Å². The minimum absolute atomic E-state index is 0.0568. The van der Waals surface area contributed by atoms with Gasteiger partial charge < -0.3 is 24.4 Å². The summed E-state index contributed by atoms with van der Waals surface area (Å²) >= 11 is 0. The van der Waals surface area contributed by atoms with Gasteiger partial charge in [-0.1, -0.05) is 48.5 Å². The number of esters is 1. The molecule has 2 amide bonds. The van der Waals surface area contributed by atoms with Crippen LogP contribution in [0.2, 0.25) is 0 Å². The van der Waals surface area contributed by atoms with Crippen molar-refractivity contribution in [1.29, 1.82) is 0 Å². The lowest BCUT2D eigenvalue weighted by Gasteiger charge is -2.47. The Labute approximate surface area is 192 Å². The number of carbonyl (C=O) groups excluding carboxylic acids is 3. The Balaban J connectivity index is 1.42. The van der Waals surface area contributed by atoms with Crippen LogP contribution in [-0.4, -0.2) is 61.0 Å². The monoisotopic (exact) mass is 452 g/mol. The lowest BCUT2D eigenvalue weighted by atomic mass is 9.90. The number of hydrogen-bond donors (Lipinski definition) is 1. The number of carbonyl (C=O) groups is 3. The van der Waals surface area contributed by atoms with Crippen LogP contribution in [0.5, 0.6) is 0 Å². The van der Waals surface area contributed by atoms with Gasteiger partial charge in [-0.2, -0.15) is 0 Å². The second kappa shape index (κ2) is 8.42. The Morgan fingerprint density at radius 2 is 1.55 bits per heavy atom. The Hall–Kier alpha value is -3.55. The molecule has 1 aliphatic carbocycles. The molecule has 8 heteroatoms. The number of alkyl carbamates (subject to hydrolysis) is 1. The fourth-order valence-corrected chi connectivity index (χ4v) is 4.35. The summed E-state index contributed by atoms with van der Waals surface area (Å²) in [4.78, 5) is 38.7. The van der Waals surface area contributed by atoms with Crippen molar-refractivity contribution in [2.75, 3.05) is 26.8 Å². The fraction of sp³-hybridized carbons (Fsp3) is 0.400. The van der Waals surface area contributed by atoms with Crippen molar-refractivity contribution in [2.45, 2.75) is 37.8 Å². The number of nitrogens with zero attached hydrogens (tertiary/aromatic N) is 1. The standard InChI is InChI=1S/C25H28N2O6/c1-24(2,3)33-23(30)27-14-25(15-27,21(28)31-4)26-22(29)32-13-20-18-11-7-5-9-16(18)17-10-6-8-12-19(17)20/h5-12,20H,13-15H2,1-4H3,(H,26,29). The summed E-state index contributed by atoms with van der Waals surface area (Å²) in [5.41, 5.74) is 2.40. The predicted molar refractivity (Wildman–Crippen MR) is 121 cm³/mol. The van der Waals surface area contributed by atoms with Crippen LogP contribution >= 0.6 is 0 Å². The third-order valence-corrected chi connectivity index (χ3v) is 5.83. The molecule has 4 rings (SSSR count). The molecule has 1 heterocycles. The molecule has 1 fully saturated rings. The van der Waals surface area contributed by atoms with Crippen LogP contribution < -0.4 is 5.32 Å². The van der Waals surface area contributed by atoms with Gasteiger partial charge in [0.15, 0.2) is 5.54 Å². The largest absolute Gasteiger partial charge is 0.467 e. The van der Waals surface area contributed by atoms with Crippen LogP contribution in [0, 0.1) is 0 Å². The van der Waals surface area contributed by atoms with E-state index in [0.717, 1.165) is 22.3 Å². The van der Waals surface area contributed by atoms with Crippen molar-refractivity contribution in [2.24, 2.45) is 0 Å². The Morgan fingerprint density at radius 1 is 1.00 bits per heavy atom. The molecular formula is C25H28N2O6. The maximum atomic E-state index is 12.7. The smallest absolute Gasteiger partial charge is 0.410 e. The van der Waals surface area contributed by atoms with Crippen molar-refractivity contribution in [1.82, 2.24) is 10.2 Å². The third-order valence-electron chi connectivity index (χ3n) is 5.83. The predicted octanol–water partition coefficient (Wildman–Crippen LogP) is 3.69. The average molecular weight is 453 g/mol. The summed E-state index contributed by atoms with van der Waals surface area (Å²) in [5.74, 6) is -0.743. The van der Waals surface area contributed by atoms with E-state index in [4.69, 9.17) is 14.2 Å². The molecule has 2 aliphatic rings. The number of hydrogen-bond acceptors (Lipinski definition) is 6. The molecule has 0 atom stereocenters. The van der Waals surface area contributed by atoms with E-state index < -0.39 is 29.3 Å². The van der Waals surface area contributed by atoms with E-state index in [1.165, 1.54) is 12.0 Å². The fourth-order valence-electron chi connectivity index (χ4n) is 4.35. The maximum absolute atomic E-state index is 12.7. The summed E-state index contributed by atoms with van der Waals surface area (Å²) < 4.78 is 15.7. The van der Waals surface area contributed by atoms with Crippen molar-refractivity contribution < 1.29 is 28.6 Å². The molecule has 8 nitrogen and oxygen atoms in total. The van der Waals surface area contributed by atoms with Gasteiger partial charge in [-0.3, -0.25) is 0 Å². The van der Waals surface area contributed by atoms with Gasteiger partial charge >= 0.3 is 18.2 Å². The number of amides is 2. The van der Waals surface area contributed by atoms with Crippen LogP contribution in [0.15, 0.2) is 48.5 Å². The summed E-state index contributed by atoms with van der Waals surface area (Å²) in [6.07, 6.45) is -1.30. The quantitative estimate of drug-likeness (QED) is 0.562. The first-order valence-electron chi connectivity index (χ1n) is 10.8. The molecule has 0 saturated carbocycles. The molecule has 1 aliphatic heterocycles. The highest BCUT2D eigenvalue weighted by molar-refractivity contribution is 5.89. The van der Waals surface area contributed by atoms with E-state index in [2.05, 4.69) is 17.4 Å². The molecular weight excluding hydrogens is 424 g/mol. The lowest BCUT2D eigenvalue weighted by molar-refractivity contribution is -0.155. The van der Waals surface area contributed by atoms with E-state index in [1.54, 1.807) is 20.8 Å². The first kappa shape index (κ1) is 22.6. The van der Waals surface area contributed by atoms with E-state index in [9.17, 15) is 14.4 Å². The normalized spacial score (nSPS) is 16.2. The molecule has 2 aromatic carbocycles. The number of methoxy groups -OCH3 is 1. The Bertz CT molecular complexity index is 1040. The zero-order valence-electron chi connectivity index (χ0n) is 19.2. The molecule has 33 heavy (non-hydrogen) atoms. The second-order valence-electron chi connectivity index (χ2n) is 9.36. The molecule has 174 valence electrons. The molecule has 2 aromatic rings. The topological polar surface area (TPSA) is 94.2 Å². The van der Waals surface area contributed by atoms with Crippen LogP contribution in [-0.2, 0) is 19.0 Å². The number of rotatable bonds is 4. The summed E-state index contributed by atoms with van der Waals surface area (Å²) in [6.45, 7) is 5.28. The van der Waals surface area contributed by atoms with Gasteiger partial charge in [0.1, 0.15) is 12.2 Å². The molecule has 0 spiro atoms. The summed E-state index contributed by atoms with van der Waals surface area (Å²) in [5, 5.41) is 2.62. The van der Waals surface area contributed by atoms with Crippen molar-refractivity contribution in [3.05, 3.63) is 59.7 Å². The first-order chi connectivity index (χ1) is 15.6. The summed E-state index contributed by atoms with van der Waals surface area (Å²) in [7, 11) is 1.24. The first-order valence-corrected chi connectivity index (χ1v) is 10.8. The average Bonchev–Trinajstić information content (AvgIpc) is 3.06. The minimum Gasteiger partial charge on any atom is -0.467 e. The highest BCUT2D eigenvalue weighted by atomic mass is 16.6. The van der Waals surface area contributed by atoms with Gasteiger partial charge in [-0.25, -0.2) is 14.4 Å². The number of likely N-dealkylation sites (tertiary alicyclic amines) is 1. The zero-order chi connectivity index (χ0) is 23.8. The number of benzene rings is 2. The van der Waals surface area contributed by atoms with Gasteiger partial charge in [0.2, 0.25) is 0 Å². The second-order valence-corrected chi connectivity index (χ2v) is 9.36. The van der Waals surface area contributed by atoms with Crippen LogP contribution in [0.4, 0.5) is 9.59 Å². The van der Waals surface area contributed by atoms with E-state index in [0.29, 0.717) is 0 Å². The lowest BCUT2D eigenvalue weighted by Crippen LogP contribution is -2.75. The number of nitrogens with one attached hydrogen (secondary N) is 1. The highest BCUT2D eigenvalue weighted by Gasteiger charge is 2.54. The van der Waals surface area contributed by atoms with Crippen LogP contribution in [0.3, 0.4) is 0 Å². The van der Waals surface area contributed by atoms with Crippen molar-refractivity contribution in [3.63, 3.8) is 0 Å². The zero-order valence-corrected chi connectivity index (χ0v) is 19.2. The highest BCUT2D eigenvalue weighted by Crippen LogP contribution is 2.44. The summed E-state index contributed by atoms with van der Waals surface area (Å²) in [6, 6.07) is 16.1. The Morgan fingerprint density at radius 3 is 2.06 bits per heavy atom. The van der Waals surface area contributed by atoms with Gasteiger partial charge in [0.25, 0.3) is 0 Å². The number of ether oxygens (including phenoxy) is 3. The van der Waals surface area contributed by atoms with E-state index >= 15 is 0 Å². The maximum Gasteiger partial charge on any atom is 0.410 e. The van der Waals surface area contributed by atoms with E-state index in [1.807, 2.05) is 36.4 Å². The van der Waals surface area contributed by atoms with Gasteiger partial charge in [0, 0.05) is 5.92 Å². The van der Waals surface area contributed by atoms with Gasteiger partial charge in [-0.15, -0.1) is 0 Å². The van der Waals surface area contributed by atoms with E-state index in [-0.39, 0.29) is 25.6 Å². The van der Waals surface area contributed by atoms with Crippen LogP contribution in [0.1, 0.15) is 37.8 Å². The molecule has 0 unspecified atom stereocenters. The molecule has 0 bridgehead atoms. The number of fused-ring (bicyclic) bond motifs is 3.